The number of hydrogen-bond donors (Lipinski definition) is 0. The van der Waals surface area contributed by atoms with Crippen molar-refractivity contribution in [1.29, 1.82) is 0 Å². The molecule has 0 aromatic heterocycles. The van der Waals surface area contributed by atoms with E-state index in [0.717, 1.165) is 5.01 Å². The Bertz CT molecular complexity index is 448. The Labute approximate surface area is 131 Å². The Kier molecular flexibility index (Phi) is 5.45. The summed E-state index contributed by atoms with van der Waals surface area (Å²) in [5.74, 6) is 0. The fraction of sp³-hybridized carbons (Fsp3) is 0.733. The van der Waals surface area contributed by atoms with Crippen LogP contribution in [0.4, 0.5) is 9.59 Å². The van der Waals surface area contributed by atoms with Gasteiger partial charge < -0.3 is 14.2 Å². The lowest BCUT2D eigenvalue weighted by Crippen LogP contribution is -2.58. The third-order valence-corrected chi connectivity index (χ3v) is 2.51. The van der Waals surface area contributed by atoms with Crippen molar-refractivity contribution in [3.05, 3.63) is 12.2 Å². The number of carbonyl (C=O) groups is 2. The van der Waals surface area contributed by atoms with Crippen molar-refractivity contribution in [3.8, 4) is 0 Å². The average molecular weight is 314 g/mol. The minimum atomic E-state index is -0.726. The summed E-state index contributed by atoms with van der Waals surface area (Å²) in [6.45, 7) is 10.7. The Morgan fingerprint density at radius 2 is 1.50 bits per heavy atom. The second kappa shape index (κ2) is 6.56. The highest BCUT2D eigenvalue weighted by Crippen LogP contribution is 2.21. The fourth-order valence-corrected chi connectivity index (χ4v) is 1.75. The van der Waals surface area contributed by atoms with Crippen LogP contribution in [0, 0.1) is 0 Å². The zero-order valence-corrected chi connectivity index (χ0v) is 14.4. The lowest BCUT2D eigenvalue weighted by molar-refractivity contribution is -0.125. The first kappa shape index (κ1) is 18.3. The SMILES string of the molecule is COC1C=CCN(C(=O)OC(C)(C)C)N1C(=O)OC(C)(C)C. The van der Waals surface area contributed by atoms with E-state index < -0.39 is 29.6 Å². The highest BCUT2D eigenvalue weighted by Gasteiger charge is 2.38. The molecule has 0 saturated heterocycles. The maximum absolute atomic E-state index is 12.4. The molecule has 1 rings (SSSR count). The number of nitrogens with zero attached hydrogens (tertiary/aromatic N) is 2. The van der Waals surface area contributed by atoms with Gasteiger partial charge in [-0.25, -0.2) is 14.6 Å². The lowest BCUT2D eigenvalue weighted by atomic mass is 10.2. The predicted octanol–water partition coefficient (Wildman–Crippen LogP) is 2.92. The number of ether oxygens (including phenoxy) is 3. The monoisotopic (exact) mass is 314 g/mol. The van der Waals surface area contributed by atoms with Gasteiger partial charge in [-0.2, -0.15) is 5.01 Å². The zero-order chi connectivity index (χ0) is 17.1. The summed E-state index contributed by atoms with van der Waals surface area (Å²) in [6, 6.07) is 0. The van der Waals surface area contributed by atoms with Crippen LogP contribution in [0.25, 0.3) is 0 Å². The Hall–Kier alpha value is -1.76. The van der Waals surface area contributed by atoms with Gasteiger partial charge in [0.2, 0.25) is 0 Å². The van der Waals surface area contributed by atoms with Crippen molar-refractivity contribution in [2.75, 3.05) is 13.7 Å². The summed E-state index contributed by atoms with van der Waals surface area (Å²) in [7, 11) is 1.45. The molecule has 0 aliphatic carbocycles. The van der Waals surface area contributed by atoms with E-state index in [2.05, 4.69) is 0 Å². The standard InChI is InChI=1S/C15H26N2O5/c1-14(2,3)21-12(18)16-10-8-9-11(20-7)17(16)13(19)22-15(4,5)6/h8-9,11H,10H2,1-7H3. The highest BCUT2D eigenvalue weighted by atomic mass is 16.6. The molecule has 0 bridgehead atoms. The normalized spacial score (nSPS) is 19.1. The highest BCUT2D eigenvalue weighted by molar-refractivity contribution is 5.75. The van der Waals surface area contributed by atoms with Crippen molar-refractivity contribution in [3.63, 3.8) is 0 Å². The molecule has 0 fully saturated rings. The minimum absolute atomic E-state index is 0.202. The first-order chi connectivity index (χ1) is 9.94. The predicted molar refractivity (Wildman–Crippen MR) is 81.0 cm³/mol. The first-order valence-corrected chi connectivity index (χ1v) is 7.17. The lowest BCUT2D eigenvalue weighted by Gasteiger charge is -2.40. The van der Waals surface area contributed by atoms with E-state index in [1.807, 2.05) is 0 Å². The van der Waals surface area contributed by atoms with E-state index in [-0.39, 0.29) is 6.54 Å². The third kappa shape index (κ3) is 5.22. The molecular weight excluding hydrogens is 288 g/mol. The molecule has 1 atom stereocenters. The number of hydrogen-bond acceptors (Lipinski definition) is 5. The van der Waals surface area contributed by atoms with Gasteiger partial charge in [-0.05, 0) is 47.6 Å². The Morgan fingerprint density at radius 1 is 1.00 bits per heavy atom. The van der Waals surface area contributed by atoms with Gasteiger partial charge in [0, 0.05) is 7.11 Å². The van der Waals surface area contributed by atoms with Gasteiger partial charge in [0.1, 0.15) is 11.2 Å². The van der Waals surface area contributed by atoms with Crippen LogP contribution in [-0.4, -0.2) is 53.3 Å². The van der Waals surface area contributed by atoms with Crippen molar-refractivity contribution < 1.29 is 23.8 Å². The number of methoxy groups -OCH3 is 1. The minimum Gasteiger partial charge on any atom is -0.442 e. The average Bonchev–Trinajstić information content (AvgIpc) is 2.33. The van der Waals surface area contributed by atoms with Crippen LogP contribution in [0.5, 0.6) is 0 Å². The van der Waals surface area contributed by atoms with Crippen LogP contribution < -0.4 is 0 Å². The van der Waals surface area contributed by atoms with Gasteiger partial charge in [-0.15, -0.1) is 0 Å². The largest absolute Gasteiger partial charge is 0.442 e. The summed E-state index contributed by atoms with van der Waals surface area (Å²) in [6.07, 6.45) is 1.39. The maximum atomic E-state index is 12.4. The van der Waals surface area contributed by atoms with Crippen LogP contribution in [0.2, 0.25) is 0 Å². The number of amides is 2. The van der Waals surface area contributed by atoms with Crippen molar-refractivity contribution in [1.82, 2.24) is 10.0 Å². The number of carbonyl (C=O) groups excluding carboxylic acids is 2. The first-order valence-electron chi connectivity index (χ1n) is 7.17. The molecule has 0 saturated carbocycles. The number of rotatable bonds is 1. The molecule has 7 heteroatoms. The van der Waals surface area contributed by atoms with Crippen LogP contribution in [0.3, 0.4) is 0 Å². The van der Waals surface area contributed by atoms with Gasteiger partial charge in [-0.3, -0.25) is 0 Å². The van der Waals surface area contributed by atoms with E-state index in [1.165, 1.54) is 12.1 Å². The van der Waals surface area contributed by atoms with E-state index in [9.17, 15) is 9.59 Å². The van der Waals surface area contributed by atoms with Gasteiger partial charge in [-0.1, -0.05) is 6.08 Å². The molecule has 0 aromatic rings. The second-order valence-electron chi connectivity index (χ2n) is 6.94. The topological polar surface area (TPSA) is 68.3 Å². The number of hydrazine groups is 1. The molecule has 2 amide bonds. The van der Waals surface area contributed by atoms with Crippen LogP contribution >= 0.6 is 0 Å². The molecule has 7 nitrogen and oxygen atoms in total. The molecule has 0 radical (unpaired) electrons. The van der Waals surface area contributed by atoms with Gasteiger partial charge >= 0.3 is 12.2 Å². The molecule has 1 aliphatic rings. The van der Waals surface area contributed by atoms with Crippen LogP contribution in [-0.2, 0) is 14.2 Å². The van der Waals surface area contributed by atoms with Crippen molar-refractivity contribution >= 4 is 12.2 Å². The molecule has 126 valence electrons. The Balaban J connectivity index is 3.00. The molecule has 0 N–H and O–H groups in total. The second-order valence-corrected chi connectivity index (χ2v) is 6.94. The molecule has 1 heterocycles. The quantitative estimate of drug-likeness (QED) is 0.696. The van der Waals surface area contributed by atoms with Crippen LogP contribution in [0.1, 0.15) is 41.5 Å². The van der Waals surface area contributed by atoms with E-state index >= 15 is 0 Å². The molecule has 0 aromatic carbocycles. The van der Waals surface area contributed by atoms with Gasteiger partial charge in [0.15, 0.2) is 6.23 Å². The smallest absolute Gasteiger partial charge is 0.432 e. The summed E-state index contributed by atoms with van der Waals surface area (Å²) in [5.41, 5.74) is -1.35. The molecule has 1 unspecified atom stereocenters. The molecule has 0 spiro atoms. The molecule has 1 aliphatic heterocycles. The summed E-state index contributed by atoms with van der Waals surface area (Å²) < 4.78 is 15.9. The van der Waals surface area contributed by atoms with Crippen molar-refractivity contribution in [2.24, 2.45) is 0 Å². The third-order valence-electron chi connectivity index (χ3n) is 2.51. The van der Waals surface area contributed by atoms with E-state index in [4.69, 9.17) is 14.2 Å². The Morgan fingerprint density at radius 3 is 1.95 bits per heavy atom. The summed E-state index contributed by atoms with van der Waals surface area (Å²) >= 11 is 0. The van der Waals surface area contributed by atoms with E-state index in [0.29, 0.717) is 0 Å². The van der Waals surface area contributed by atoms with Crippen molar-refractivity contribution in [2.45, 2.75) is 59.0 Å². The molecular formula is C15H26N2O5. The van der Waals surface area contributed by atoms with Gasteiger partial charge in [0.05, 0.1) is 6.54 Å². The summed E-state index contributed by atoms with van der Waals surface area (Å²) in [4.78, 5) is 24.7. The van der Waals surface area contributed by atoms with E-state index in [1.54, 1.807) is 53.7 Å². The fourth-order valence-electron chi connectivity index (χ4n) is 1.75. The molecule has 22 heavy (non-hydrogen) atoms. The summed E-state index contributed by atoms with van der Waals surface area (Å²) in [5, 5.41) is 2.30. The van der Waals surface area contributed by atoms with Gasteiger partial charge in [0.25, 0.3) is 0 Å². The van der Waals surface area contributed by atoms with Crippen LogP contribution in [0.15, 0.2) is 12.2 Å². The zero-order valence-electron chi connectivity index (χ0n) is 14.4. The maximum Gasteiger partial charge on any atom is 0.432 e.